The quantitative estimate of drug-likeness (QED) is 0.780. The van der Waals surface area contributed by atoms with Gasteiger partial charge in [-0.1, -0.05) is 0 Å². The number of rotatable bonds is 5. The summed E-state index contributed by atoms with van der Waals surface area (Å²) >= 11 is 0. The van der Waals surface area contributed by atoms with Gasteiger partial charge in [0.25, 0.3) is 0 Å². The summed E-state index contributed by atoms with van der Waals surface area (Å²) in [7, 11) is -0.989. The normalized spacial score (nSPS) is 13.0. The minimum absolute atomic E-state index is 0.188. The molecule has 1 aromatic rings. The summed E-state index contributed by atoms with van der Waals surface area (Å²) in [6.07, 6.45) is 0.188. The molecule has 0 aliphatic heterocycles. The molecule has 1 unspecified atom stereocenters. The lowest BCUT2D eigenvalue weighted by Gasteiger charge is -2.07. The second-order valence-electron chi connectivity index (χ2n) is 3.54. The van der Waals surface area contributed by atoms with Gasteiger partial charge in [-0.2, -0.15) is 0 Å². The first-order valence-corrected chi connectivity index (χ1v) is 6.27. The average molecular weight is 227 g/mol. The third kappa shape index (κ3) is 4.44. The lowest BCUT2D eigenvalue weighted by molar-refractivity contribution is 0.0916. The van der Waals surface area contributed by atoms with Crippen LogP contribution in [0.4, 0.5) is 5.69 Å². The Hall–Kier alpha value is -0.870. The molecule has 0 fully saturated rings. The highest BCUT2D eigenvalue weighted by Gasteiger charge is 2.03. The fraction of sp³-hybridized carbons (Fsp3) is 0.455. The number of hydrogen-bond donors (Lipinski definition) is 1. The molecule has 0 saturated heterocycles. The highest BCUT2D eigenvalue weighted by molar-refractivity contribution is 7.85. The Balaban J connectivity index is 2.43. The summed E-state index contributed by atoms with van der Waals surface area (Å²) in [4.78, 5) is 0.802. The van der Waals surface area contributed by atoms with E-state index in [1.165, 1.54) is 0 Å². The van der Waals surface area contributed by atoms with Crippen molar-refractivity contribution in [3.8, 4) is 0 Å². The topological polar surface area (TPSA) is 52.3 Å². The number of ether oxygens (including phenoxy) is 1. The van der Waals surface area contributed by atoms with E-state index in [2.05, 4.69) is 0 Å². The van der Waals surface area contributed by atoms with Crippen LogP contribution in [-0.2, 0) is 15.5 Å². The van der Waals surface area contributed by atoms with E-state index in [1.807, 2.05) is 13.8 Å². The average Bonchev–Trinajstić information content (AvgIpc) is 2.18. The Bertz CT molecular complexity index is 322. The van der Waals surface area contributed by atoms with Gasteiger partial charge >= 0.3 is 0 Å². The zero-order valence-electron chi connectivity index (χ0n) is 9.10. The minimum Gasteiger partial charge on any atom is -0.399 e. The molecule has 1 rings (SSSR count). The fourth-order valence-electron chi connectivity index (χ4n) is 1.10. The Labute approximate surface area is 93.1 Å². The van der Waals surface area contributed by atoms with E-state index >= 15 is 0 Å². The maximum atomic E-state index is 11.7. The van der Waals surface area contributed by atoms with Crippen LogP contribution in [0.3, 0.4) is 0 Å². The van der Waals surface area contributed by atoms with Gasteiger partial charge in [-0.05, 0) is 38.1 Å². The van der Waals surface area contributed by atoms with Crippen LogP contribution < -0.4 is 5.73 Å². The summed E-state index contributed by atoms with van der Waals surface area (Å²) in [6.45, 7) is 4.45. The van der Waals surface area contributed by atoms with Crippen LogP contribution in [0.1, 0.15) is 13.8 Å². The minimum atomic E-state index is -0.989. The standard InChI is InChI=1S/C11H17NO2S/c1-9(2)14-7-8-15(13)11-5-3-10(12)4-6-11/h3-6,9H,7-8,12H2,1-2H3. The van der Waals surface area contributed by atoms with Crippen molar-refractivity contribution >= 4 is 16.5 Å². The summed E-state index contributed by atoms with van der Waals surface area (Å²) in [5.41, 5.74) is 6.23. The predicted octanol–water partition coefficient (Wildman–Crippen LogP) is 1.80. The van der Waals surface area contributed by atoms with E-state index in [9.17, 15) is 4.21 Å². The zero-order valence-corrected chi connectivity index (χ0v) is 9.92. The molecule has 84 valence electrons. The molecular weight excluding hydrogens is 210 g/mol. The molecular formula is C11H17NO2S. The van der Waals surface area contributed by atoms with Crippen LogP contribution in [0.25, 0.3) is 0 Å². The highest BCUT2D eigenvalue weighted by atomic mass is 32.2. The van der Waals surface area contributed by atoms with Crippen LogP contribution in [-0.4, -0.2) is 22.7 Å². The third-order valence-corrected chi connectivity index (χ3v) is 3.20. The molecule has 0 amide bonds. The summed E-state index contributed by atoms with van der Waals surface area (Å²) in [6, 6.07) is 7.11. The lowest BCUT2D eigenvalue weighted by atomic mass is 10.3. The van der Waals surface area contributed by atoms with Crippen molar-refractivity contribution in [3.05, 3.63) is 24.3 Å². The van der Waals surface area contributed by atoms with E-state index in [0.29, 0.717) is 18.0 Å². The second kappa shape index (κ2) is 5.88. The van der Waals surface area contributed by atoms with E-state index in [1.54, 1.807) is 24.3 Å². The van der Waals surface area contributed by atoms with Crippen LogP contribution in [0, 0.1) is 0 Å². The van der Waals surface area contributed by atoms with Crippen molar-refractivity contribution in [3.63, 3.8) is 0 Å². The molecule has 0 bridgehead atoms. The maximum Gasteiger partial charge on any atom is 0.0588 e. The number of anilines is 1. The SMILES string of the molecule is CC(C)OCCS(=O)c1ccc(N)cc1. The molecule has 0 aliphatic rings. The van der Waals surface area contributed by atoms with Gasteiger partial charge in [0, 0.05) is 10.6 Å². The van der Waals surface area contributed by atoms with Gasteiger partial charge in [0.15, 0.2) is 0 Å². The van der Waals surface area contributed by atoms with Crippen molar-refractivity contribution < 1.29 is 8.95 Å². The van der Waals surface area contributed by atoms with Gasteiger partial charge in [-0.15, -0.1) is 0 Å². The Kier molecular flexibility index (Phi) is 4.78. The molecule has 0 spiro atoms. The molecule has 2 N–H and O–H groups in total. The molecule has 0 aliphatic carbocycles. The highest BCUT2D eigenvalue weighted by Crippen LogP contribution is 2.10. The Morgan fingerprint density at radius 1 is 1.33 bits per heavy atom. The predicted molar refractivity (Wildman–Crippen MR) is 63.2 cm³/mol. The van der Waals surface area contributed by atoms with Crippen molar-refractivity contribution in [2.24, 2.45) is 0 Å². The molecule has 1 atom stereocenters. The molecule has 0 heterocycles. The van der Waals surface area contributed by atoms with E-state index in [-0.39, 0.29) is 6.10 Å². The molecule has 0 radical (unpaired) electrons. The Morgan fingerprint density at radius 2 is 1.93 bits per heavy atom. The van der Waals surface area contributed by atoms with Crippen LogP contribution in [0.15, 0.2) is 29.2 Å². The first-order valence-electron chi connectivity index (χ1n) is 4.95. The smallest absolute Gasteiger partial charge is 0.0588 e. The van der Waals surface area contributed by atoms with Crippen LogP contribution in [0.5, 0.6) is 0 Å². The number of nitrogen functional groups attached to an aromatic ring is 1. The molecule has 0 saturated carbocycles. The maximum absolute atomic E-state index is 11.7. The lowest BCUT2D eigenvalue weighted by Crippen LogP contribution is -2.10. The van der Waals surface area contributed by atoms with Gasteiger partial charge in [-0.3, -0.25) is 4.21 Å². The van der Waals surface area contributed by atoms with Crippen molar-refractivity contribution in [2.75, 3.05) is 18.1 Å². The van der Waals surface area contributed by atoms with Gasteiger partial charge in [0.05, 0.1) is 29.3 Å². The van der Waals surface area contributed by atoms with E-state index in [0.717, 1.165) is 4.90 Å². The zero-order chi connectivity index (χ0) is 11.3. The summed E-state index contributed by atoms with van der Waals surface area (Å²) in [5, 5.41) is 0. The number of hydrogen-bond acceptors (Lipinski definition) is 3. The number of nitrogens with two attached hydrogens (primary N) is 1. The monoisotopic (exact) mass is 227 g/mol. The van der Waals surface area contributed by atoms with Crippen LogP contribution in [0.2, 0.25) is 0 Å². The van der Waals surface area contributed by atoms with Gasteiger partial charge in [0.2, 0.25) is 0 Å². The van der Waals surface area contributed by atoms with E-state index in [4.69, 9.17) is 10.5 Å². The fourth-order valence-corrected chi connectivity index (χ4v) is 2.02. The third-order valence-electron chi connectivity index (χ3n) is 1.86. The van der Waals surface area contributed by atoms with Gasteiger partial charge in [0.1, 0.15) is 0 Å². The first kappa shape index (κ1) is 12.2. The van der Waals surface area contributed by atoms with Gasteiger partial charge in [-0.25, -0.2) is 0 Å². The van der Waals surface area contributed by atoms with Crippen LogP contribution >= 0.6 is 0 Å². The number of benzene rings is 1. The van der Waals surface area contributed by atoms with Gasteiger partial charge < -0.3 is 10.5 Å². The molecule has 0 aromatic heterocycles. The molecule has 1 aromatic carbocycles. The Morgan fingerprint density at radius 3 is 2.47 bits per heavy atom. The van der Waals surface area contributed by atoms with E-state index < -0.39 is 10.8 Å². The second-order valence-corrected chi connectivity index (χ2v) is 5.11. The molecule has 3 nitrogen and oxygen atoms in total. The summed E-state index contributed by atoms with van der Waals surface area (Å²) in [5.74, 6) is 0.530. The summed E-state index contributed by atoms with van der Waals surface area (Å²) < 4.78 is 17.1. The van der Waals surface area contributed by atoms with Crippen molar-refractivity contribution in [2.45, 2.75) is 24.8 Å². The van der Waals surface area contributed by atoms with Crippen molar-refractivity contribution in [1.29, 1.82) is 0 Å². The first-order chi connectivity index (χ1) is 7.09. The molecule has 4 heteroatoms. The largest absolute Gasteiger partial charge is 0.399 e. The molecule has 15 heavy (non-hydrogen) atoms. The van der Waals surface area contributed by atoms with Crippen molar-refractivity contribution in [1.82, 2.24) is 0 Å².